The summed E-state index contributed by atoms with van der Waals surface area (Å²) in [6.45, 7) is 7.09. The zero-order valence-electron chi connectivity index (χ0n) is 31.8. The van der Waals surface area contributed by atoms with Crippen LogP contribution in [0.15, 0.2) is 188 Å². The monoisotopic (exact) mass is 717 g/mol. The van der Waals surface area contributed by atoms with Gasteiger partial charge in [0.1, 0.15) is 0 Å². The molecule has 56 heavy (non-hydrogen) atoms. The minimum Gasteiger partial charge on any atom is -0.311 e. The third kappa shape index (κ3) is 4.72. The van der Waals surface area contributed by atoms with Gasteiger partial charge in [-0.2, -0.15) is 0 Å². The van der Waals surface area contributed by atoms with Gasteiger partial charge in [-0.05, 0) is 124 Å². The first-order valence-electron chi connectivity index (χ1n) is 19.7. The Bertz CT molecular complexity index is 2770. The average molecular weight is 718 g/mol. The van der Waals surface area contributed by atoms with Crippen LogP contribution in [0.5, 0.6) is 0 Å². The number of benzene rings is 8. The SMILES string of the molecule is Cc1cc2c3c(c1)N(c1cccc4c1C(C)(C)c1ccccc1-4)c1cc(N(c4ccccc4)c4ccccc4)ccc1B3c1ccccc1N2c1ccccc1. The van der Waals surface area contributed by atoms with Crippen molar-refractivity contribution in [3.63, 3.8) is 0 Å². The van der Waals surface area contributed by atoms with Crippen molar-refractivity contribution in [3.05, 3.63) is 205 Å². The molecule has 4 heteroatoms. The van der Waals surface area contributed by atoms with E-state index in [1.807, 2.05) is 0 Å². The molecule has 3 nitrogen and oxygen atoms in total. The average Bonchev–Trinajstić information content (AvgIpc) is 3.48. The fourth-order valence-corrected chi connectivity index (χ4v) is 9.93. The molecule has 0 radical (unpaired) electrons. The molecule has 0 amide bonds. The number of anilines is 9. The highest BCUT2D eigenvalue weighted by molar-refractivity contribution is 7.00. The Morgan fingerprint density at radius 2 is 1.02 bits per heavy atom. The van der Waals surface area contributed by atoms with Crippen LogP contribution in [0.2, 0.25) is 0 Å². The lowest BCUT2D eigenvalue weighted by atomic mass is 9.33. The van der Waals surface area contributed by atoms with Crippen molar-refractivity contribution in [2.45, 2.75) is 26.2 Å². The number of fused-ring (bicyclic) bond motifs is 7. The van der Waals surface area contributed by atoms with E-state index in [4.69, 9.17) is 0 Å². The minimum absolute atomic E-state index is 0.0425. The maximum atomic E-state index is 2.61. The van der Waals surface area contributed by atoms with Crippen molar-refractivity contribution in [2.24, 2.45) is 0 Å². The van der Waals surface area contributed by atoms with Gasteiger partial charge in [0, 0.05) is 50.9 Å². The summed E-state index contributed by atoms with van der Waals surface area (Å²) in [5.41, 5.74) is 21.0. The molecule has 0 N–H and O–H groups in total. The Kier molecular flexibility index (Phi) is 7.21. The molecule has 0 atom stereocenters. The van der Waals surface area contributed by atoms with Gasteiger partial charge < -0.3 is 14.7 Å². The van der Waals surface area contributed by atoms with E-state index >= 15 is 0 Å². The van der Waals surface area contributed by atoms with E-state index < -0.39 is 0 Å². The topological polar surface area (TPSA) is 9.72 Å². The van der Waals surface area contributed by atoms with Gasteiger partial charge in [-0.1, -0.05) is 129 Å². The van der Waals surface area contributed by atoms with Crippen LogP contribution in [0.3, 0.4) is 0 Å². The fourth-order valence-electron chi connectivity index (χ4n) is 9.93. The fraction of sp³-hybridized carbons (Fsp3) is 0.0769. The van der Waals surface area contributed by atoms with Crippen LogP contribution in [0.1, 0.15) is 30.5 Å². The molecule has 2 heterocycles. The van der Waals surface area contributed by atoms with Crippen molar-refractivity contribution < 1.29 is 0 Å². The first-order chi connectivity index (χ1) is 27.5. The standard InChI is InChI=1S/C52H40BN3/c1-35-32-48-51-49(33-35)56(46-29-17-25-41-40-24-13-14-26-42(40)52(2,3)50(41)46)47-34-39(54(36-18-7-4-8-19-36)37-20-9-5-10-21-37)30-31-44(47)53(51)43-27-15-16-28-45(43)55(48)38-22-11-6-12-23-38/h4-34H,1-3H3. The zero-order chi connectivity index (χ0) is 37.5. The van der Waals surface area contributed by atoms with Crippen LogP contribution < -0.4 is 31.1 Å². The van der Waals surface area contributed by atoms with Gasteiger partial charge in [-0.25, -0.2) is 0 Å². The number of rotatable bonds is 5. The second-order valence-electron chi connectivity index (χ2n) is 15.8. The smallest absolute Gasteiger partial charge is 0.252 e. The molecule has 266 valence electrons. The Labute approximate surface area is 329 Å². The predicted molar refractivity (Wildman–Crippen MR) is 237 cm³/mol. The Morgan fingerprint density at radius 3 is 1.75 bits per heavy atom. The van der Waals surface area contributed by atoms with Gasteiger partial charge in [0.05, 0.1) is 5.69 Å². The van der Waals surface area contributed by atoms with Crippen LogP contribution in [-0.2, 0) is 5.41 Å². The summed E-state index contributed by atoms with van der Waals surface area (Å²) in [5.74, 6) is 0. The molecule has 11 rings (SSSR count). The van der Waals surface area contributed by atoms with Gasteiger partial charge in [0.25, 0.3) is 6.71 Å². The van der Waals surface area contributed by atoms with Crippen molar-refractivity contribution >= 4 is 74.3 Å². The molecule has 2 aliphatic heterocycles. The lowest BCUT2D eigenvalue weighted by Crippen LogP contribution is -2.61. The van der Waals surface area contributed by atoms with Crippen LogP contribution in [0, 0.1) is 6.92 Å². The summed E-state index contributed by atoms with van der Waals surface area (Å²) in [5, 5.41) is 0. The molecule has 0 fully saturated rings. The van der Waals surface area contributed by atoms with E-state index in [2.05, 4.69) is 224 Å². The lowest BCUT2D eigenvalue weighted by molar-refractivity contribution is 0.661. The van der Waals surface area contributed by atoms with Crippen molar-refractivity contribution in [2.75, 3.05) is 14.7 Å². The Hall–Kier alpha value is -6.78. The molecule has 3 aliphatic rings. The normalized spacial score (nSPS) is 14.0. The second-order valence-corrected chi connectivity index (χ2v) is 15.8. The van der Waals surface area contributed by atoms with Gasteiger partial charge in [0.15, 0.2) is 0 Å². The molecule has 8 aromatic carbocycles. The quantitative estimate of drug-likeness (QED) is 0.164. The van der Waals surface area contributed by atoms with Gasteiger partial charge >= 0.3 is 0 Å². The molecular formula is C52H40BN3. The van der Waals surface area contributed by atoms with Crippen molar-refractivity contribution in [3.8, 4) is 11.1 Å². The third-order valence-corrected chi connectivity index (χ3v) is 12.2. The van der Waals surface area contributed by atoms with Gasteiger partial charge in [0.2, 0.25) is 0 Å². The van der Waals surface area contributed by atoms with Gasteiger partial charge in [-0.3, -0.25) is 0 Å². The summed E-state index contributed by atoms with van der Waals surface area (Å²) < 4.78 is 0. The van der Waals surface area contributed by atoms with Crippen molar-refractivity contribution in [1.82, 2.24) is 0 Å². The van der Waals surface area contributed by atoms with E-state index in [0.717, 1.165) is 22.7 Å². The molecular weight excluding hydrogens is 677 g/mol. The minimum atomic E-state index is -0.205. The Balaban J connectivity index is 1.23. The highest BCUT2D eigenvalue weighted by atomic mass is 15.2. The highest BCUT2D eigenvalue weighted by Gasteiger charge is 2.46. The van der Waals surface area contributed by atoms with E-state index in [0.29, 0.717) is 0 Å². The maximum Gasteiger partial charge on any atom is 0.252 e. The van der Waals surface area contributed by atoms with Crippen LogP contribution >= 0.6 is 0 Å². The summed E-state index contributed by atoms with van der Waals surface area (Å²) in [7, 11) is 0. The number of hydrogen-bond acceptors (Lipinski definition) is 3. The van der Waals surface area contributed by atoms with E-state index in [9.17, 15) is 0 Å². The summed E-state index contributed by atoms with van der Waals surface area (Å²) >= 11 is 0. The number of nitrogens with zero attached hydrogens (tertiary/aromatic N) is 3. The molecule has 0 unspecified atom stereocenters. The molecule has 0 bridgehead atoms. The maximum absolute atomic E-state index is 2.61. The summed E-state index contributed by atoms with van der Waals surface area (Å²) in [4.78, 5) is 7.48. The highest BCUT2D eigenvalue weighted by Crippen LogP contribution is 2.55. The Morgan fingerprint density at radius 1 is 0.446 bits per heavy atom. The molecule has 0 aromatic heterocycles. The summed E-state index contributed by atoms with van der Waals surface area (Å²) in [6.07, 6.45) is 0. The van der Waals surface area contributed by atoms with E-state index in [1.165, 1.54) is 72.6 Å². The first-order valence-corrected chi connectivity index (χ1v) is 19.7. The van der Waals surface area contributed by atoms with Crippen molar-refractivity contribution in [1.29, 1.82) is 0 Å². The molecule has 0 saturated heterocycles. The van der Waals surface area contributed by atoms with Crippen LogP contribution in [0.4, 0.5) is 51.2 Å². The van der Waals surface area contributed by atoms with Gasteiger partial charge in [-0.15, -0.1) is 0 Å². The van der Waals surface area contributed by atoms with E-state index in [1.54, 1.807) is 0 Å². The molecule has 8 aromatic rings. The number of hydrogen-bond donors (Lipinski definition) is 0. The molecule has 0 saturated carbocycles. The molecule has 1 aliphatic carbocycles. The van der Waals surface area contributed by atoms with Crippen LogP contribution in [0.25, 0.3) is 11.1 Å². The predicted octanol–water partition coefficient (Wildman–Crippen LogP) is 11.9. The number of aryl methyl sites for hydroxylation is 1. The zero-order valence-corrected chi connectivity index (χ0v) is 31.8. The third-order valence-electron chi connectivity index (χ3n) is 12.2. The van der Waals surface area contributed by atoms with Crippen LogP contribution in [-0.4, -0.2) is 6.71 Å². The largest absolute Gasteiger partial charge is 0.311 e. The summed E-state index contributed by atoms with van der Waals surface area (Å²) in [6, 6.07) is 69.3. The second kappa shape index (κ2) is 12.4. The lowest BCUT2D eigenvalue weighted by Gasteiger charge is -2.45. The number of para-hydroxylation sites is 4. The molecule has 0 spiro atoms. The first kappa shape index (κ1) is 32.6. The van der Waals surface area contributed by atoms with E-state index in [-0.39, 0.29) is 12.1 Å².